The number of aliphatic hydroxyl groups is 2. The fourth-order valence-electron chi connectivity index (χ4n) is 1.66. The van der Waals surface area contributed by atoms with Gasteiger partial charge in [-0.15, -0.1) is 0 Å². The number of benzene rings is 1. The fraction of sp³-hybridized carbons (Fsp3) is 0.538. The van der Waals surface area contributed by atoms with Gasteiger partial charge in [-0.25, -0.2) is 8.78 Å². The van der Waals surface area contributed by atoms with Gasteiger partial charge in [-0.1, -0.05) is 6.07 Å². The molecular weight excluding hydrogens is 240 g/mol. The number of unbranched alkanes of at least 4 members (excludes halogenated alkanes) is 2. The van der Waals surface area contributed by atoms with E-state index in [1.807, 2.05) is 0 Å². The zero-order valence-corrected chi connectivity index (χ0v) is 10.2. The summed E-state index contributed by atoms with van der Waals surface area (Å²) in [6.45, 7) is 1.10. The number of halogens is 2. The van der Waals surface area contributed by atoms with Crippen LogP contribution in [0.5, 0.6) is 0 Å². The second kappa shape index (κ2) is 8.13. The Morgan fingerprint density at radius 1 is 1.17 bits per heavy atom. The molecule has 0 aliphatic carbocycles. The van der Waals surface area contributed by atoms with E-state index < -0.39 is 17.7 Å². The van der Waals surface area contributed by atoms with E-state index in [9.17, 15) is 13.9 Å². The highest BCUT2D eigenvalue weighted by Gasteiger charge is 2.12. The van der Waals surface area contributed by atoms with Crippen LogP contribution in [-0.4, -0.2) is 29.9 Å². The van der Waals surface area contributed by atoms with Crippen molar-refractivity contribution in [1.29, 1.82) is 0 Å². The van der Waals surface area contributed by atoms with Crippen LogP contribution in [0, 0.1) is 11.6 Å². The zero-order valence-electron chi connectivity index (χ0n) is 10.2. The molecule has 0 spiro atoms. The first-order chi connectivity index (χ1) is 8.65. The predicted octanol–water partition coefficient (Wildman–Crippen LogP) is 1.75. The summed E-state index contributed by atoms with van der Waals surface area (Å²) in [4.78, 5) is 0. The minimum Gasteiger partial charge on any atom is -0.396 e. The summed E-state index contributed by atoms with van der Waals surface area (Å²) in [5.74, 6) is -1.38. The third kappa shape index (κ3) is 5.08. The third-order valence-electron chi connectivity index (χ3n) is 2.67. The van der Waals surface area contributed by atoms with Crippen molar-refractivity contribution in [3.05, 3.63) is 35.4 Å². The van der Waals surface area contributed by atoms with E-state index in [4.69, 9.17) is 5.11 Å². The average molecular weight is 259 g/mol. The SMILES string of the molecule is OCCCCCNCC(O)c1ccc(F)cc1F. The normalized spacial score (nSPS) is 12.7. The van der Waals surface area contributed by atoms with Crippen LogP contribution in [0.2, 0.25) is 0 Å². The van der Waals surface area contributed by atoms with Crippen molar-refractivity contribution in [2.24, 2.45) is 0 Å². The molecule has 0 radical (unpaired) electrons. The minimum absolute atomic E-state index is 0.0965. The lowest BCUT2D eigenvalue weighted by Gasteiger charge is -2.13. The summed E-state index contributed by atoms with van der Waals surface area (Å²) in [6.07, 6.45) is 1.57. The van der Waals surface area contributed by atoms with Gasteiger partial charge in [-0.05, 0) is 31.9 Å². The monoisotopic (exact) mass is 259 g/mol. The molecule has 0 aliphatic heterocycles. The largest absolute Gasteiger partial charge is 0.396 e. The van der Waals surface area contributed by atoms with E-state index >= 15 is 0 Å². The van der Waals surface area contributed by atoms with Crippen LogP contribution in [0.15, 0.2) is 18.2 Å². The quantitative estimate of drug-likeness (QED) is 0.623. The molecule has 1 atom stereocenters. The Morgan fingerprint density at radius 3 is 2.61 bits per heavy atom. The third-order valence-corrected chi connectivity index (χ3v) is 2.67. The summed E-state index contributed by atoms with van der Waals surface area (Å²) >= 11 is 0. The molecular formula is C13H19F2NO2. The zero-order chi connectivity index (χ0) is 13.4. The highest BCUT2D eigenvalue weighted by atomic mass is 19.1. The van der Waals surface area contributed by atoms with Crippen molar-refractivity contribution in [2.45, 2.75) is 25.4 Å². The molecule has 3 nitrogen and oxygen atoms in total. The van der Waals surface area contributed by atoms with Gasteiger partial charge in [0.15, 0.2) is 0 Å². The molecule has 0 fully saturated rings. The molecule has 5 heteroatoms. The Labute approximate surface area is 105 Å². The van der Waals surface area contributed by atoms with Gasteiger partial charge in [0.2, 0.25) is 0 Å². The number of hydrogen-bond acceptors (Lipinski definition) is 3. The van der Waals surface area contributed by atoms with E-state index in [1.165, 1.54) is 6.07 Å². The Bertz CT molecular complexity index is 361. The van der Waals surface area contributed by atoms with Gasteiger partial charge >= 0.3 is 0 Å². The van der Waals surface area contributed by atoms with Crippen LogP contribution in [0.1, 0.15) is 30.9 Å². The highest BCUT2D eigenvalue weighted by Crippen LogP contribution is 2.17. The first-order valence-corrected chi connectivity index (χ1v) is 6.09. The lowest BCUT2D eigenvalue weighted by atomic mass is 10.1. The molecule has 0 saturated heterocycles. The molecule has 1 aromatic rings. The molecule has 0 aliphatic rings. The second-order valence-electron chi connectivity index (χ2n) is 4.17. The number of aliphatic hydroxyl groups excluding tert-OH is 2. The van der Waals surface area contributed by atoms with E-state index in [2.05, 4.69) is 5.32 Å². The Kier molecular flexibility index (Phi) is 6.78. The highest BCUT2D eigenvalue weighted by molar-refractivity contribution is 5.21. The lowest BCUT2D eigenvalue weighted by molar-refractivity contribution is 0.169. The smallest absolute Gasteiger partial charge is 0.131 e. The van der Waals surface area contributed by atoms with E-state index in [0.717, 1.165) is 31.4 Å². The maximum atomic E-state index is 13.3. The molecule has 0 bridgehead atoms. The fourth-order valence-corrected chi connectivity index (χ4v) is 1.66. The van der Waals surface area contributed by atoms with E-state index in [-0.39, 0.29) is 18.7 Å². The Balaban J connectivity index is 2.29. The number of nitrogens with one attached hydrogen (secondary N) is 1. The number of hydrogen-bond donors (Lipinski definition) is 3. The van der Waals surface area contributed by atoms with Gasteiger partial charge in [0.1, 0.15) is 11.6 Å². The van der Waals surface area contributed by atoms with Crippen molar-refractivity contribution in [2.75, 3.05) is 19.7 Å². The van der Waals surface area contributed by atoms with Gasteiger partial charge < -0.3 is 15.5 Å². The van der Waals surface area contributed by atoms with Crippen LogP contribution in [0.25, 0.3) is 0 Å². The first-order valence-electron chi connectivity index (χ1n) is 6.09. The standard InChI is InChI=1S/C13H19F2NO2/c14-10-4-5-11(12(15)8-10)13(18)9-16-6-2-1-3-7-17/h4-5,8,13,16-18H,1-3,6-7,9H2. The van der Waals surface area contributed by atoms with Crippen molar-refractivity contribution < 1.29 is 19.0 Å². The predicted molar refractivity (Wildman–Crippen MR) is 65.1 cm³/mol. The van der Waals surface area contributed by atoms with Crippen molar-refractivity contribution in [3.8, 4) is 0 Å². The maximum Gasteiger partial charge on any atom is 0.131 e. The van der Waals surface area contributed by atoms with Gasteiger partial charge in [0, 0.05) is 24.8 Å². The van der Waals surface area contributed by atoms with Gasteiger partial charge in [0.05, 0.1) is 6.10 Å². The summed E-state index contributed by atoms with van der Waals surface area (Å²) in [6, 6.07) is 3.14. The topological polar surface area (TPSA) is 52.5 Å². The summed E-state index contributed by atoms with van der Waals surface area (Å²) in [7, 11) is 0. The number of rotatable bonds is 8. The van der Waals surface area contributed by atoms with Crippen LogP contribution in [-0.2, 0) is 0 Å². The molecule has 1 aromatic carbocycles. The van der Waals surface area contributed by atoms with Gasteiger partial charge in [-0.2, -0.15) is 0 Å². The van der Waals surface area contributed by atoms with Crippen molar-refractivity contribution in [3.63, 3.8) is 0 Å². The molecule has 3 N–H and O–H groups in total. The van der Waals surface area contributed by atoms with Gasteiger partial charge in [-0.3, -0.25) is 0 Å². The second-order valence-corrected chi connectivity index (χ2v) is 4.17. The lowest BCUT2D eigenvalue weighted by Crippen LogP contribution is -2.23. The van der Waals surface area contributed by atoms with Crippen LogP contribution >= 0.6 is 0 Å². The van der Waals surface area contributed by atoms with Crippen LogP contribution < -0.4 is 5.32 Å². The maximum absolute atomic E-state index is 13.3. The molecule has 0 aromatic heterocycles. The van der Waals surface area contributed by atoms with Crippen molar-refractivity contribution in [1.82, 2.24) is 5.32 Å². The van der Waals surface area contributed by atoms with E-state index in [1.54, 1.807) is 0 Å². The molecule has 102 valence electrons. The summed E-state index contributed by atoms with van der Waals surface area (Å²) in [5.41, 5.74) is 0.0965. The molecule has 0 heterocycles. The molecule has 1 rings (SSSR count). The Morgan fingerprint density at radius 2 is 1.94 bits per heavy atom. The molecule has 1 unspecified atom stereocenters. The summed E-state index contributed by atoms with van der Waals surface area (Å²) in [5, 5.41) is 21.3. The van der Waals surface area contributed by atoms with Crippen LogP contribution in [0.4, 0.5) is 8.78 Å². The minimum atomic E-state index is -0.983. The molecule has 0 saturated carbocycles. The Hall–Kier alpha value is -1.04. The first kappa shape index (κ1) is 15.0. The van der Waals surface area contributed by atoms with Crippen LogP contribution in [0.3, 0.4) is 0 Å². The van der Waals surface area contributed by atoms with E-state index in [0.29, 0.717) is 6.54 Å². The average Bonchev–Trinajstić information content (AvgIpc) is 2.33. The van der Waals surface area contributed by atoms with Crippen molar-refractivity contribution >= 4 is 0 Å². The molecule has 0 amide bonds. The molecule has 18 heavy (non-hydrogen) atoms. The van der Waals surface area contributed by atoms with Gasteiger partial charge in [0.25, 0.3) is 0 Å². The summed E-state index contributed by atoms with van der Waals surface area (Å²) < 4.78 is 26.0.